The lowest BCUT2D eigenvalue weighted by Crippen LogP contribution is -1.94. The molecule has 0 amide bonds. The molecule has 0 aliphatic rings. The number of hydrogen-bond acceptors (Lipinski definition) is 3. The van der Waals surface area contributed by atoms with E-state index in [1.54, 1.807) is 14.2 Å². The molecule has 0 fully saturated rings. The zero-order chi connectivity index (χ0) is 15.0. The van der Waals surface area contributed by atoms with Gasteiger partial charge in [-0.15, -0.1) is 0 Å². The molecule has 3 nitrogen and oxygen atoms in total. The predicted molar refractivity (Wildman–Crippen MR) is 84.7 cm³/mol. The van der Waals surface area contributed by atoms with Crippen LogP contribution in [-0.2, 0) is 0 Å². The first kappa shape index (κ1) is 13.4. The maximum Gasteiger partial charge on any atom is 0.154 e. The Hall–Kier alpha value is -2.55. The van der Waals surface area contributed by atoms with Crippen LogP contribution in [0.2, 0.25) is 0 Å². The Morgan fingerprint density at radius 2 is 1.71 bits per heavy atom. The highest BCUT2D eigenvalue weighted by Crippen LogP contribution is 2.34. The first-order valence-corrected chi connectivity index (χ1v) is 6.73. The summed E-state index contributed by atoms with van der Waals surface area (Å²) < 4.78 is 10.6. The van der Waals surface area contributed by atoms with E-state index in [-0.39, 0.29) is 0 Å². The summed E-state index contributed by atoms with van der Waals surface area (Å²) in [7, 11) is 3.24. The summed E-state index contributed by atoms with van der Waals surface area (Å²) in [4.78, 5) is 11.4. The highest BCUT2D eigenvalue weighted by molar-refractivity contribution is 6.09. The minimum Gasteiger partial charge on any atom is -0.497 e. The van der Waals surface area contributed by atoms with Crippen LogP contribution in [0.4, 0.5) is 0 Å². The number of benzene rings is 3. The quantitative estimate of drug-likeness (QED) is 0.534. The molecular weight excluding hydrogens is 264 g/mol. The van der Waals surface area contributed by atoms with Crippen molar-refractivity contribution in [3.8, 4) is 11.5 Å². The summed E-state index contributed by atoms with van der Waals surface area (Å²) in [5.74, 6) is 1.43. The van der Waals surface area contributed by atoms with Gasteiger partial charge in [-0.1, -0.05) is 12.1 Å². The van der Waals surface area contributed by atoms with E-state index in [9.17, 15) is 4.79 Å². The van der Waals surface area contributed by atoms with Gasteiger partial charge in [-0.2, -0.15) is 0 Å². The fraction of sp³-hybridized carbons (Fsp3) is 0.167. The largest absolute Gasteiger partial charge is 0.497 e. The summed E-state index contributed by atoms with van der Waals surface area (Å²) >= 11 is 0. The number of rotatable bonds is 3. The van der Waals surface area contributed by atoms with Gasteiger partial charge in [0.25, 0.3) is 0 Å². The van der Waals surface area contributed by atoms with Crippen molar-refractivity contribution in [1.29, 1.82) is 0 Å². The van der Waals surface area contributed by atoms with E-state index in [4.69, 9.17) is 9.47 Å². The summed E-state index contributed by atoms with van der Waals surface area (Å²) in [6.45, 7) is 2.06. The van der Waals surface area contributed by atoms with E-state index in [1.165, 1.54) is 0 Å². The van der Waals surface area contributed by atoms with E-state index >= 15 is 0 Å². The standard InChI is InChI=1S/C18H16O3/c1-11-14-6-7-18(21-3)17(10-19)16(14)8-12-4-5-13(20-2)9-15(11)12/h4-10H,1-3H3. The number of methoxy groups -OCH3 is 2. The summed E-state index contributed by atoms with van der Waals surface area (Å²) in [5, 5.41) is 4.18. The van der Waals surface area contributed by atoms with Crippen molar-refractivity contribution in [3.63, 3.8) is 0 Å². The molecule has 0 aromatic heterocycles. The van der Waals surface area contributed by atoms with E-state index in [1.807, 2.05) is 36.4 Å². The third-order valence-electron chi connectivity index (χ3n) is 3.95. The molecule has 0 saturated carbocycles. The molecule has 0 aliphatic heterocycles. The topological polar surface area (TPSA) is 35.5 Å². The number of carbonyl (C=O) groups is 1. The molecule has 3 aromatic carbocycles. The van der Waals surface area contributed by atoms with Crippen molar-refractivity contribution in [1.82, 2.24) is 0 Å². The van der Waals surface area contributed by atoms with Gasteiger partial charge < -0.3 is 9.47 Å². The number of aldehydes is 1. The van der Waals surface area contributed by atoms with Gasteiger partial charge in [0.15, 0.2) is 6.29 Å². The van der Waals surface area contributed by atoms with Crippen molar-refractivity contribution in [2.45, 2.75) is 6.92 Å². The van der Waals surface area contributed by atoms with Crippen molar-refractivity contribution < 1.29 is 14.3 Å². The van der Waals surface area contributed by atoms with E-state index in [0.717, 1.165) is 39.1 Å². The van der Waals surface area contributed by atoms with Gasteiger partial charge in [-0.05, 0) is 58.3 Å². The molecule has 3 aromatic rings. The number of fused-ring (bicyclic) bond motifs is 2. The normalized spacial score (nSPS) is 10.8. The maximum atomic E-state index is 11.4. The minimum absolute atomic E-state index is 0.593. The zero-order valence-electron chi connectivity index (χ0n) is 12.3. The van der Waals surface area contributed by atoms with Crippen LogP contribution < -0.4 is 9.47 Å². The lowest BCUT2D eigenvalue weighted by atomic mass is 9.94. The van der Waals surface area contributed by atoms with Crippen LogP contribution in [0.1, 0.15) is 15.9 Å². The van der Waals surface area contributed by atoms with E-state index in [2.05, 4.69) is 6.92 Å². The second-order valence-electron chi connectivity index (χ2n) is 4.98. The number of carbonyl (C=O) groups excluding carboxylic acids is 1. The third kappa shape index (κ3) is 2.02. The first-order chi connectivity index (χ1) is 10.2. The fourth-order valence-corrected chi connectivity index (χ4v) is 2.81. The molecule has 3 heteroatoms. The number of aryl methyl sites for hydroxylation is 1. The second-order valence-corrected chi connectivity index (χ2v) is 4.98. The molecule has 0 bridgehead atoms. The summed E-state index contributed by atoms with van der Waals surface area (Å²) in [6, 6.07) is 11.8. The van der Waals surface area contributed by atoms with Gasteiger partial charge >= 0.3 is 0 Å². The Morgan fingerprint density at radius 3 is 2.38 bits per heavy atom. The van der Waals surface area contributed by atoms with Gasteiger partial charge in [0.2, 0.25) is 0 Å². The van der Waals surface area contributed by atoms with Gasteiger partial charge in [-0.25, -0.2) is 0 Å². The SMILES string of the molecule is COc1ccc2cc3c(C=O)c(OC)ccc3c(C)c2c1. The van der Waals surface area contributed by atoms with Gasteiger partial charge in [0, 0.05) is 0 Å². The Kier molecular flexibility index (Phi) is 3.26. The molecule has 0 spiro atoms. The molecule has 0 radical (unpaired) electrons. The Morgan fingerprint density at radius 1 is 0.905 bits per heavy atom. The highest BCUT2D eigenvalue weighted by Gasteiger charge is 2.12. The lowest BCUT2D eigenvalue weighted by molar-refractivity contribution is 0.112. The Labute approximate surface area is 123 Å². The van der Waals surface area contributed by atoms with Crippen molar-refractivity contribution in [3.05, 3.63) is 47.5 Å². The smallest absolute Gasteiger partial charge is 0.154 e. The predicted octanol–water partition coefficient (Wildman–Crippen LogP) is 4.13. The average molecular weight is 280 g/mol. The van der Waals surface area contributed by atoms with Crippen molar-refractivity contribution in [2.24, 2.45) is 0 Å². The monoisotopic (exact) mass is 280 g/mol. The second kappa shape index (κ2) is 5.09. The molecule has 0 N–H and O–H groups in total. The first-order valence-electron chi connectivity index (χ1n) is 6.73. The Bertz CT molecular complexity index is 850. The van der Waals surface area contributed by atoms with E-state index < -0.39 is 0 Å². The van der Waals surface area contributed by atoms with Crippen LogP contribution >= 0.6 is 0 Å². The maximum absolute atomic E-state index is 11.4. The summed E-state index contributed by atoms with van der Waals surface area (Å²) in [5.41, 5.74) is 1.72. The van der Waals surface area contributed by atoms with Gasteiger partial charge in [0.1, 0.15) is 11.5 Å². The van der Waals surface area contributed by atoms with Gasteiger partial charge in [-0.3, -0.25) is 4.79 Å². The average Bonchev–Trinajstić information content (AvgIpc) is 2.53. The minimum atomic E-state index is 0.593. The number of hydrogen-bond donors (Lipinski definition) is 0. The molecule has 106 valence electrons. The molecule has 3 rings (SSSR count). The van der Waals surface area contributed by atoms with Crippen LogP contribution in [0.25, 0.3) is 21.5 Å². The molecule has 0 saturated heterocycles. The third-order valence-corrected chi connectivity index (χ3v) is 3.95. The molecule has 0 unspecified atom stereocenters. The van der Waals surface area contributed by atoms with Crippen LogP contribution in [0.15, 0.2) is 36.4 Å². The van der Waals surface area contributed by atoms with Crippen molar-refractivity contribution >= 4 is 27.8 Å². The van der Waals surface area contributed by atoms with Crippen LogP contribution in [-0.4, -0.2) is 20.5 Å². The highest BCUT2D eigenvalue weighted by atomic mass is 16.5. The lowest BCUT2D eigenvalue weighted by Gasteiger charge is -2.12. The van der Waals surface area contributed by atoms with Crippen LogP contribution in [0.3, 0.4) is 0 Å². The molecule has 0 atom stereocenters. The van der Waals surface area contributed by atoms with Crippen molar-refractivity contribution in [2.75, 3.05) is 14.2 Å². The zero-order valence-corrected chi connectivity index (χ0v) is 12.3. The Balaban J connectivity index is 2.46. The molecule has 0 aliphatic carbocycles. The van der Waals surface area contributed by atoms with Gasteiger partial charge in [0.05, 0.1) is 19.8 Å². The molecule has 21 heavy (non-hydrogen) atoms. The van der Waals surface area contributed by atoms with Crippen LogP contribution in [0.5, 0.6) is 11.5 Å². The van der Waals surface area contributed by atoms with E-state index in [0.29, 0.717) is 11.3 Å². The summed E-state index contributed by atoms with van der Waals surface area (Å²) in [6.07, 6.45) is 0.857. The fourth-order valence-electron chi connectivity index (χ4n) is 2.81. The van der Waals surface area contributed by atoms with Crippen LogP contribution in [0, 0.1) is 6.92 Å². The molecule has 0 heterocycles. The number of ether oxygens (including phenoxy) is 2. The molecular formula is C18H16O3.